The van der Waals surface area contributed by atoms with E-state index in [-0.39, 0.29) is 11.8 Å². The second-order valence-corrected chi connectivity index (χ2v) is 4.87. The van der Waals surface area contributed by atoms with Crippen LogP contribution in [0.3, 0.4) is 0 Å². The third-order valence-electron chi connectivity index (χ3n) is 3.37. The zero-order valence-corrected chi connectivity index (χ0v) is 10.5. The third kappa shape index (κ3) is 2.43. The normalized spacial score (nSPS) is 22.2. The van der Waals surface area contributed by atoms with Crippen molar-refractivity contribution in [2.75, 3.05) is 17.2 Å². The molecule has 0 radical (unpaired) electrons. The fourth-order valence-electron chi connectivity index (χ4n) is 2.17. The third-order valence-corrected chi connectivity index (χ3v) is 3.37. The van der Waals surface area contributed by atoms with E-state index < -0.39 is 0 Å². The molecule has 1 saturated carbocycles. The van der Waals surface area contributed by atoms with Crippen molar-refractivity contribution in [3.63, 3.8) is 0 Å². The average Bonchev–Trinajstić information content (AvgIpc) is 3.04. The Hall–Kier alpha value is -1.51. The van der Waals surface area contributed by atoms with Crippen LogP contribution in [0.5, 0.6) is 0 Å². The number of amides is 1. The molecule has 0 heterocycles. The van der Waals surface area contributed by atoms with Gasteiger partial charge in [-0.15, -0.1) is 0 Å². The molecule has 3 nitrogen and oxygen atoms in total. The van der Waals surface area contributed by atoms with Crippen LogP contribution in [-0.4, -0.2) is 12.5 Å². The standard InChI is InChI=1S/C14H20N2O/c1-3-8-16(14(17)11-9-10(11)2)13-7-5-4-6-12(13)15/h4-7,10-11H,3,8-9,15H2,1-2H3. The summed E-state index contributed by atoms with van der Waals surface area (Å²) in [5, 5.41) is 0. The average molecular weight is 232 g/mol. The molecule has 0 spiro atoms. The Kier molecular flexibility index (Phi) is 3.36. The number of rotatable bonds is 4. The summed E-state index contributed by atoms with van der Waals surface area (Å²) in [4.78, 5) is 14.2. The van der Waals surface area contributed by atoms with Crippen LogP contribution in [0.25, 0.3) is 0 Å². The van der Waals surface area contributed by atoms with Crippen LogP contribution in [0.15, 0.2) is 24.3 Å². The molecule has 1 aromatic rings. The maximum absolute atomic E-state index is 12.3. The summed E-state index contributed by atoms with van der Waals surface area (Å²) in [6.45, 7) is 4.95. The van der Waals surface area contributed by atoms with E-state index in [0.29, 0.717) is 11.6 Å². The summed E-state index contributed by atoms with van der Waals surface area (Å²) in [5.74, 6) is 0.977. The van der Waals surface area contributed by atoms with E-state index in [1.54, 1.807) is 0 Å². The van der Waals surface area contributed by atoms with Gasteiger partial charge in [0.15, 0.2) is 0 Å². The first-order valence-electron chi connectivity index (χ1n) is 6.31. The van der Waals surface area contributed by atoms with Gasteiger partial charge in [0.2, 0.25) is 5.91 Å². The molecule has 0 aliphatic heterocycles. The van der Waals surface area contributed by atoms with Gasteiger partial charge in [0, 0.05) is 12.5 Å². The van der Waals surface area contributed by atoms with Gasteiger partial charge in [0.05, 0.1) is 11.4 Å². The van der Waals surface area contributed by atoms with Crippen molar-refractivity contribution in [3.8, 4) is 0 Å². The van der Waals surface area contributed by atoms with Crippen molar-refractivity contribution < 1.29 is 4.79 Å². The van der Waals surface area contributed by atoms with Gasteiger partial charge in [0.1, 0.15) is 0 Å². The van der Waals surface area contributed by atoms with Crippen LogP contribution >= 0.6 is 0 Å². The fourth-order valence-corrected chi connectivity index (χ4v) is 2.17. The van der Waals surface area contributed by atoms with E-state index in [9.17, 15) is 4.79 Å². The van der Waals surface area contributed by atoms with Crippen molar-refractivity contribution in [1.82, 2.24) is 0 Å². The highest BCUT2D eigenvalue weighted by Gasteiger charge is 2.41. The molecule has 1 fully saturated rings. The second kappa shape index (κ2) is 4.78. The summed E-state index contributed by atoms with van der Waals surface area (Å²) in [7, 11) is 0. The molecule has 1 aromatic carbocycles. The number of nitrogens with two attached hydrogens (primary N) is 1. The monoisotopic (exact) mass is 232 g/mol. The Morgan fingerprint density at radius 1 is 1.47 bits per heavy atom. The predicted octanol–water partition coefficient (Wildman–Crippen LogP) is 2.67. The van der Waals surface area contributed by atoms with E-state index in [4.69, 9.17) is 5.73 Å². The lowest BCUT2D eigenvalue weighted by Crippen LogP contribution is -2.33. The van der Waals surface area contributed by atoms with E-state index in [1.165, 1.54) is 0 Å². The van der Waals surface area contributed by atoms with Gasteiger partial charge in [-0.1, -0.05) is 26.0 Å². The number of carbonyl (C=O) groups is 1. The number of nitrogen functional groups attached to an aromatic ring is 1. The van der Waals surface area contributed by atoms with Crippen molar-refractivity contribution in [2.45, 2.75) is 26.7 Å². The van der Waals surface area contributed by atoms with Gasteiger partial charge in [-0.25, -0.2) is 0 Å². The summed E-state index contributed by atoms with van der Waals surface area (Å²) in [5.41, 5.74) is 7.49. The number of anilines is 2. The van der Waals surface area contributed by atoms with Gasteiger partial charge in [-0.3, -0.25) is 4.79 Å². The Labute approximate surface area is 103 Å². The highest BCUT2D eigenvalue weighted by molar-refractivity contribution is 5.99. The van der Waals surface area contributed by atoms with Gasteiger partial charge < -0.3 is 10.6 Å². The topological polar surface area (TPSA) is 46.3 Å². The molecule has 3 heteroatoms. The molecule has 1 aliphatic carbocycles. The van der Waals surface area contributed by atoms with Crippen LogP contribution in [-0.2, 0) is 4.79 Å². The first kappa shape index (κ1) is 12.0. The Morgan fingerprint density at radius 3 is 2.65 bits per heavy atom. The maximum atomic E-state index is 12.3. The van der Waals surface area contributed by atoms with Gasteiger partial charge in [-0.2, -0.15) is 0 Å². The van der Waals surface area contributed by atoms with Crippen LogP contribution in [0, 0.1) is 11.8 Å². The summed E-state index contributed by atoms with van der Waals surface area (Å²) in [6, 6.07) is 7.60. The molecule has 2 atom stereocenters. The summed E-state index contributed by atoms with van der Waals surface area (Å²) < 4.78 is 0. The molecular formula is C14H20N2O. The molecule has 1 aliphatic rings. The van der Waals surface area contributed by atoms with Gasteiger partial charge >= 0.3 is 0 Å². The lowest BCUT2D eigenvalue weighted by Gasteiger charge is -2.23. The van der Waals surface area contributed by atoms with Crippen LogP contribution in [0.2, 0.25) is 0 Å². The maximum Gasteiger partial charge on any atom is 0.230 e. The van der Waals surface area contributed by atoms with Crippen molar-refractivity contribution in [1.29, 1.82) is 0 Å². The van der Waals surface area contributed by atoms with Gasteiger partial charge in [0.25, 0.3) is 0 Å². The minimum atomic E-state index is 0.209. The Morgan fingerprint density at radius 2 is 2.12 bits per heavy atom. The predicted molar refractivity (Wildman–Crippen MR) is 70.8 cm³/mol. The molecule has 0 bridgehead atoms. The minimum Gasteiger partial charge on any atom is -0.397 e. The molecule has 2 rings (SSSR count). The number of para-hydroxylation sites is 2. The Bertz CT molecular complexity index is 416. The zero-order chi connectivity index (χ0) is 12.4. The molecule has 1 amide bonds. The highest BCUT2D eigenvalue weighted by Crippen LogP contribution is 2.40. The Balaban J connectivity index is 2.23. The fraction of sp³-hybridized carbons (Fsp3) is 0.500. The molecule has 0 saturated heterocycles. The molecular weight excluding hydrogens is 212 g/mol. The number of benzene rings is 1. The smallest absolute Gasteiger partial charge is 0.230 e. The minimum absolute atomic E-state index is 0.209. The SMILES string of the molecule is CCCN(C(=O)C1CC1C)c1ccccc1N. The number of hydrogen-bond acceptors (Lipinski definition) is 2. The number of nitrogens with zero attached hydrogens (tertiary/aromatic N) is 1. The second-order valence-electron chi connectivity index (χ2n) is 4.87. The van der Waals surface area contributed by atoms with Crippen LogP contribution in [0.4, 0.5) is 11.4 Å². The molecule has 0 aromatic heterocycles. The van der Waals surface area contributed by atoms with Crippen molar-refractivity contribution >= 4 is 17.3 Å². The van der Waals surface area contributed by atoms with Crippen molar-refractivity contribution in [3.05, 3.63) is 24.3 Å². The number of hydrogen-bond donors (Lipinski definition) is 1. The lowest BCUT2D eigenvalue weighted by atomic mass is 10.2. The molecule has 92 valence electrons. The van der Waals surface area contributed by atoms with Crippen LogP contribution in [0.1, 0.15) is 26.7 Å². The first-order chi connectivity index (χ1) is 8.15. The lowest BCUT2D eigenvalue weighted by molar-refractivity contribution is -0.120. The highest BCUT2D eigenvalue weighted by atomic mass is 16.2. The zero-order valence-electron chi connectivity index (χ0n) is 10.5. The van der Waals surface area contributed by atoms with Crippen LogP contribution < -0.4 is 10.6 Å². The van der Waals surface area contributed by atoms with Crippen molar-refractivity contribution in [2.24, 2.45) is 11.8 Å². The van der Waals surface area contributed by atoms with E-state index in [1.807, 2.05) is 29.2 Å². The van der Waals surface area contributed by atoms with E-state index >= 15 is 0 Å². The molecule has 2 unspecified atom stereocenters. The summed E-state index contributed by atoms with van der Waals surface area (Å²) in [6.07, 6.45) is 1.97. The summed E-state index contributed by atoms with van der Waals surface area (Å²) >= 11 is 0. The quantitative estimate of drug-likeness (QED) is 0.811. The first-order valence-corrected chi connectivity index (χ1v) is 6.31. The van der Waals surface area contributed by atoms with E-state index in [2.05, 4.69) is 13.8 Å². The van der Waals surface area contributed by atoms with Gasteiger partial charge in [-0.05, 0) is 30.9 Å². The number of carbonyl (C=O) groups excluding carboxylic acids is 1. The molecule has 2 N–H and O–H groups in total. The largest absolute Gasteiger partial charge is 0.397 e. The molecule has 17 heavy (non-hydrogen) atoms. The van der Waals surface area contributed by atoms with E-state index in [0.717, 1.165) is 25.1 Å².